The highest BCUT2D eigenvalue weighted by atomic mass is 16.6. The monoisotopic (exact) mass is 462 g/mol. The zero-order valence-electron chi connectivity index (χ0n) is 19.7. The van der Waals surface area contributed by atoms with Gasteiger partial charge in [-0.2, -0.15) is 0 Å². The van der Waals surface area contributed by atoms with Crippen LogP contribution in [-0.2, 0) is 19.9 Å². The molecule has 1 unspecified atom stereocenters. The average Bonchev–Trinajstić information content (AvgIpc) is 3.36. The summed E-state index contributed by atoms with van der Waals surface area (Å²) in [5.41, 5.74) is 1.75. The maximum Gasteiger partial charge on any atom is 0.303 e. The molecule has 0 saturated carbocycles. The third-order valence-corrected chi connectivity index (χ3v) is 6.03. The normalized spacial score (nSPS) is 17.6. The zero-order valence-corrected chi connectivity index (χ0v) is 19.7. The van der Waals surface area contributed by atoms with E-state index in [-0.39, 0.29) is 6.61 Å². The van der Waals surface area contributed by atoms with Crippen LogP contribution in [0.25, 0.3) is 0 Å². The quantitative estimate of drug-likeness (QED) is 0.416. The summed E-state index contributed by atoms with van der Waals surface area (Å²) in [6.07, 6.45) is 2.77. The number of carboxylic acid groups (broad SMARTS) is 1. The van der Waals surface area contributed by atoms with E-state index in [2.05, 4.69) is 36.4 Å². The van der Waals surface area contributed by atoms with E-state index in [0.717, 1.165) is 36.0 Å². The van der Waals surface area contributed by atoms with Gasteiger partial charge in [0.1, 0.15) is 11.2 Å². The molecule has 1 aliphatic heterocycles. The molecular formula is C29H34O5. The molecule has 5 nitrogen and oxygen atoms in total. The first kappa shape index (κ1) is 25.6. The van der Waals surface area contributed by atoms with Crippen molar-refractivity contribution in [1.29, 1.82) is 0 Å². The Bertz CT molecular complexity index is 886. The molecule has 1 heterocycles. The molecule has 0 radical (unpaired) electrons. The number of benzene rings is 3. The summed E-state index contributed by atoms with van der Waals surface area (Å²) in [6, 6.07) is 30.8. The molecule has 5 heteroatoms. The molecule has 4 rings (SSSR count). The second-order valence-corrected chi connectivity index (χ2v) is 8.50. The molecule has 0 amide bonds. The summed E-state index contributed by atoms with van der Waals surface area (Å²) >= 11 is 0. The minimum atomic E-state index is -0.780. The SMILES string of the molecule is CCCC(=O)O.OCC1(COC(c2ccccc2)(c2ccccc2)c2ccccc2)CCCO1. The molecule has 3 aromatic rings. The van der Waals surface area contributed by atoms with Gasteiger partial charge in [0.15, 0.2) is 0 Å². The third-order valence-electron chi connectivity index (χ3n) is 6.03. The first-order chi connectivity index (χ1) is 16.6. The van der Waals surface area contributed by atoms with Crippen LogP contribution in [0.3, 0.4) is 0 Å². The van der Waals surface area contributed by atoms with Gasteiger partial charge in [0.2, 0.25) is 0 Å². The molecule has 180 valence electrons. The van der Waals surface area contributed by atoms with Gasteiger partial charge in [-0.1, -0.05) is 97.9 Å². The van der Waals surface area contributed by atoms with Crippen LogP contribution in [0.2, 0.25) is 0 Å². The fourth-order valence-electron chi connectivity index (χ4n) is 4.26. The molecule has 2 N–H and O–H groups in total. The van der Waals surface area contributed by atoms with Crippen molar-refractivity contribution in [2.24, 2.45) is 0 Å². The second kappa shape index (κ2) is 12.5. The predicted octanol–water partition coefficient (Wildman–Crippen LogP) is 5.41. The topological polar surface area (TPSA) is 76.0 Å². The van der Waals surface area contributed by atoms with Crippen LogP contribution in [0.1, 0.15) is 49.3 Å². The third kappa shape index (κ3) is 6.11. The molecule has 1 fully saturated rings. The number of aliphatic hydroxyl groups is 1. The van der Waals surface area contributed by atoms with Crippen LogP contribution < -0.4 is 0 Å². The van der Waals surface area contributed by atoms with Crippen molar-refractivity contribution in [2.45, 2.75) is 43.8 Å². The molecule has 1 saturated heterocycles. The summed E-state index contributed by atoms with van der Waals surface area (Å²) in [6.45, 7) is 2.79. The van der Waals surface area contributed by atoms with Gasteiger partial charge >= 0.3 is 5.97 Å². The van der Waals surface area contributed by atoms with Gasteiger partial charge < -0.3 is 19.7 Å². The van der Waals surface area contributed by atoms with E-state index in [9.17, 15) is 9.90 Å². The Hall–Kier alpha value is -2.99. The van der Waals surface area contributed by atoms with Crippen LogP contribution in [0, 0.1) is 0 Å². The summed E-state index contributed by atoms with van der Waals surface area (Å²) in [7, 11) is 0. The highest BCUT2D eigenvalue weighted by Gasteiger charge is 2.42. The second-order valence-electron chi connectivity index (χ2n) is 8.50. The molecule has 0 aliphatic carbocycles. The number of carbonyl (C=O) groups is 1. The van der Waals surface area contributed by atoms with E-state index in [1.807, 2.05) is 61.5 Å². The Kier molecular flexibility index (Phi) is 9.40. The summed E-state index contributed by atoms with van der Waals surface area (Å²) < 4.78 is 12.7. The van der Waals surface area contributed by atoms with Crippen LogP contribution in [0.5, 0.6) is 0 Å². The maximum atomic E-state index is 10.0. The van der Waals surface area contributed by atoms with E-state index < -0.39 is 17.2 Å². The Balaban J connectivity index is 0.000000481. The van der Waals surface area contributed by atoms with Gasteiger partial charge in [0, 0.05) is 13.0 Å². The number of rotatable bonds is 9. The molecule has 0 spiro atoms. The molecular weight excluding hydrogens is 428 g/mol. The molecule has 0 aromatic heterocycles. The Morgan fingerprint density at radius 1 is 0.912 bits per heavy atom. The maximum absolute atomic E-state index is 10.0. The highest BCUT2D eigenvalue weighted by Crippen LogP contribution is 2.42. The van der Waals surface area contributed by atoms with Crippen molar-refractivity contribution in [1.82, 2.24) is 0 Å². The predicted molar refractivity (Wildman–Crippen MR) is 133 cm³/mol. The van der Waals surface area contributed by atoms with Crippen molar-refractivity contribution < 1.29 is 24.5 Å². The summed E-state index contributed by atoms with van der Waals surface area (Å²) in [5.74, 6) is -0.711. The lowest BCUT2D eigenvalue weighted by atomic mass is 9.80. The number of hydrogen-bond acceptors (Lipinski definition) is 4. The first-order valence-electron chi connectivity index (χ1n) is 11.8. The summed E-state index contributed by atoms with van der Waals surface area (Å²) in [4.78, 5) is 9.60. The number of carboxylic acids is 1. The van der Waals surface area contributed by atoms with Crippen LogP contribution in [-0.4, -0.2) is 41.6 Å². The lowest BCUT2D eigenvalue weighted by Crippen LogP contribution is -2.43. The molecule has 1 atom stereocenters. The highest BCUT2D eigenvalue weighted by molar-refractivity contribution is 5.66. The Morgan fingerprint density at radius 3 is 1.68 bits per heavy atom. The van der Waals surface area contributed by atoms with Gasteiger partial charge in [0.05, 0.1) is 13.2 Å². The van der Waals surface area contributed by atoms with Crippen molar-refractivity contribution in [3.05, 3.63) is 108 Å². The Morgan fingerprint density at radius 2 is 1.38 bits per heavy atom. The van der Waals surface area contributed by atoms with Gasteiger partial charge in [-0.3, -0.25) is 4.79 Å². The largest absolute Gasteiger partial charge is 0.481 e. The van der Waals surface area contributed by atoms with Crippen molar-refractivity contribution in [3.8, 4) is 0 Å². The number of aliphatic carboxylic acids is 1. The minimum absolute atomic E-state index is 0.0402. The van der Waals surface area contributed by atoms with Crippen molar-refractivity contribution in [3.63, 3.8) is 0 Å². The Labute approximate surface area is 202 Å². The molecule has 1 aliphatic rings. The smallest absolute Gasteiger partial charge is 0.303 e. The van der Waals surface area contributed by atoms with Gasteiger partial charge in [-0.15, -0.1) is 0 Å². The minimum Gasteiger partial charge on any atom is -0.481 e. The summed E-state index contributed by atoms with van der Waals surface area (Å²) in [5, 5.41) is 17.9. The molecule has 0 bridgehead atoms. The molecule has 3 aromatic carbocycles. The van der Waals surface area contributed by atoms with E-state index in [1.165, 1.54) is 0 Å². The number of aliphatic hydroxyl groups excluding tert-OH is 1. The van der Waals surface area contributed by atoms with Crippen LogP contribution >= 0.6 is 0 Å². The van der Waals surface area contributed by atoms with Crippen molar-refractivity contribution >= 4 is 5.97 Å². The van der Waals surface area contributed by atoms with Crippen molar-refractivity contribution in [2.75, 3.05) is 19.8 Å². The fourth-order valence-corrected chi connectivity index (χ4v) is 4.26. The van der Waals surface area contributed by atoms with E-state index in [0.29, 0.717) is 19.6 Å². The van der Waals surface area contributed by atoms with Gasteiger partial charge in [0.25, 0.3) is 0 Å². The number of hydrogen-bond donors (Lipinski definition) is 2. The average molecular weight is 463 g/mol. The van der Waals surface area contributed by atoms with Gasteiger partial charge in [-0.25, -0.2) is 0 Å². The lowest BCUT2D eigenvalue weighted by molar-refractivity contribution is -0.137. The van der Waals surface area contributed by atoms with Crippen LogP contribution in [0.4, 0.5) is 0 Å². The zero-order chi connectivity index (χ0) is 24.3. The van der Waals surface area contributed by atoms with E-state index >= 15 is 0 Å². The first-order valence-corrected chi connectivity index (χ1v) is 11.8. The fraction of sp³-hybridized carbons (Fsp3) is 0.345. The molecule has 34 heavy (non-hydrogen) atoms. The van der Waals surface area contributed by atoms with E-state index in [1.54, 1.807) is 0 Å². The standard InChI is InChI=1S/C25H26O3.C4H8O2/c26-19-24(17-10-18-27-24)20-28-25(21-11-4-1-5-12-21,22-13-6-2-7-14-22)23-15-8-3-9-16-23;1-2-3-4(5)6/h1-9,11-16,26H,10,17-20H2;2-3H2,1H3,(H,5,6). The van der Waals surface area contributed by atoms with E-state index in [4.69, 9.17) is 14.6 Å². The van der Waals surface area contributed by atoms with Gasteiger partial charge in [-0.05, 0) is 36.0 Å². The van der Waals surface area contributed by atoms with Crippen LogP contribution in [0.15, 0.2) is 91.0 Å². The lowest BCUT2D eigenvalue weighted by Gasteiger charge is -2.39. The number of ether oxygens (including phenoxy) is 2.